The minimum atomic E-state index is -0.257. The van der Waals surface area contributed by atoms with Gasteiger partial charge in [-0.3, -0.25) is 14.5 Å². The Bertz CT molecular complexity index is 919. The molecular weight excluding hydrogens is 330 g/mol. The lowest BCUT2D eigenvalue weighted by atomic mass is 10.1. The Morgan fingerprint density at radius 3 is 2.65 bits per heavy atom. The molecule has 0 spiro atoms. The molecule has 2 aromatic heterocycles. The summed E-state index contributed by atoms with van der Waals surface area (Å²) in [7, 11) is 5.61. The number of aromatic nitrogens is 5. The number of nitrogens with one attached hydrogen (secondary N) is 1. The maximum Gasteiger partial charge on any atom is 0.251 e. The van der Waals surface area contributed by atoms with Crippen LogP contribution in [-0.2, 0) is 7.05 Å². The number of benzene rings is 1. The molecule has 0 aliphatic carbocycles. The molecule has 1 N–H and O–H groups in total. The second-order valence-corrected chi connectivity index (χ2v) is 6.14. The summed E-state index contributed by atoms with van der Waals surface area (Å²) < 4.78 is 1.64. The average Bonchev–Trinajstić information content (AvgIpc) is 3.08. The first-order valence-corrected chi connectivity index (χ1v) is 8.21. The van der Waals surface area contributed by atoms with E-state index in [0.29, 0.717) is 11.4 Å². The molecule has 8 nitrogen and oxygen atoms in total. The standard InChI is InChI=1S/C18H21N7O/c1-12(16-21-11-22-25(16)4)23-18(26)14-7-5-6-13(10-14)15-17(24(2)3)20-9-8-19-15/h5-12H,1-4H3,(H,23,26)/t12-/m1/s1. The van der Waals surface area contributed by atoms with Crippen molar-refractivity contribution in [2.75, 3.05) is 19.0 Å². The van der Waals surface area contributed by atoms with E-state index in [2.05, 4.69) is 25.4 Å². The summed E-state index contributed by atoms with van der Waals surface area (Å²) in [6.07, 6.45) is 4.76. The molecule has 2 heterocycles. The molecule has 0 aliphatic rings. The molecule has 0 saturated heterocycles. The third kappa shape index (κ3) is 3.53. The van der Waals surface area contributed by atoms with E-state index < -0.39 is 0 Å². The second kappa shape index (κ2) is 7.30. The van der Waals surface area contributed by atoms with Gasteiger partial charge in [-0.2, -0.15) is 5.10 Å². The van der Waals surface area contributed by atoms with Crippen molar-refractivity contribution in [3.63, 3.8) is 0 Å². The van der Waals surface area contributed by atoms with Gasteiger partial charge in [0.15, 0.2) is 5.82 Å². The van der Waals surface area contributed by atoms with Gasteiger partial charge in [-0.15, -0.1) is 0 Å². The van der Waals surface area contributed by atoms with Crippen LogP contribution in [0, 0.1) is 0 Å². The Balaban J connectivity index is 1.86. The summed E-state index contributed by atoms with van der Waals surface area (Å²) in [5.74, 6) is 1.26. The van der Waals surface area contributed by atoms with Gasteiger partial charge >= 0.3 is 0 Å². The fourth-order valence-corrected chi connectivity index (χ4v) is 2.71. The summed E-state index contributed by atoms with van der Waals surface area (Å²) in [4.78, 5) is 27.5. The highest BCUT2D eigenvalue weighted by Crippen LogP contribution is 2.26. The number of aryl methyl sites for hydroxylation is 1. The molecule has 1 aromatic carbocycles. The van der Waals surface area contributed by atoms with Crippen LogP contribution in [0.5, 0.6) is 0 Å². The molecular formula is C18H21N7O. The number of nitrogens with zero attached hydrogens (tertiary/aromatic N) is 6. The van der Waals surface area contributed by atoms with Crippen LogP contribution in [0.4, 0.5) is 5.82 Å². The van der Waals surface area contributed by atoms with Crippen LogP contribution in [0.25, 0.3) is 11.3 Å². The number of rotatable bonds is 5. The number of carbonyl (C=O) groups is 1. The van der Waals surface area contributed by atoms with Gasteiger partial charge in [-0.25, -0.2) is 9.97 Å². The highest BCUT2D eigenvalue weighted by molar-refractivity contribution is 5.95. The van der Waals surface area contributed by atoms with Gasteiger partial charge in [0.1, 0.15) is 17.8 Å². The van der Waals surface area contributed by atoms with E-state index >= 15 is 0 Å². The van der Waals surface area contributed by atoms with Gasteiger partial charge in [0, 0.05) is 44.7 Å². The highest BCUT2D eigenvalue weighted by atomic mass is 16.1. The molecule has 0 unspecified atom stereocenters. The fourth-order valence-electron chi connectivity index (χ4n) is 2.71. The van der Waals surface area contributed by atoms with Crippen LogP contribution in [-0.4, -0.2) is 44.7 Å². The molecule has 8 heteroatoms. The zero-order chi connectivity index (χ0) is 18.7. The normalized spacial score (nSPS) is 11.8. The second-order valence-electron chi connectivity index (χ2n) is 6.14. The smallest absolute Gasteiger partial charge is 0.251 e. The molecule has 3 aromatic rings. The Kier molecular flexibility index (Phi) is 4.92. The summed E-state index contributed by atoms with van der Waals surface area (Å²) >= 11 is 0. The first kappa shape index (κ1) is 17.5. The van der Waals surface area contributed by atoms with Gasteiger partial charge in [0.2, 0.25) is 0 Å². The molecule has 134 valence electrons. The van der Waals surface area contributed by atoms with Gasteiger partial charge in [0.25, 0.3) is 5.91 Å². The average molecular weight is 351 g/mol. The highest BCUT2D eigenvalue weighted by Gasteiger charge is 2.17. The van der Waals surface area contributed by atoms with Gasteiger partial charge < -0.3 is 10.2 Å². The Morgan fingerprint density at radius 1 is 1.19 bits per heavy atom. The minimum absolute atomic E-state index is 0.183. The quantitative estimate of drug-likeness (QED) is 0.754. The summed E-state index contributed by atoms with van der Waals surface area (Å²) in [6.45, 7) is 1.87. The summed E-state index contributed by atoms with van der Waals surface area (Å²) in [6, 6.07) is 7.09. The van der Waals surface area contributed by atoms with Crippen LogP contribution in [0.15, 0.2) is 43.0 Å². The summed E-state index contributed by atoms with van der Waals surface area (Å²) in [5, 5.41) is 6.98. The molecule has 1 atom stereocenters. The largest absolute Gasteiger partial charge is 0.361 e. The molecule has 0 bridgehead atoms. The van der Waals surface area contributed by atoms with Crippen molar-refractivity contribution in [1.29, 1.82) is 0 Å². The van der Waals surface area contributed by atoms with Crippen LogP contribution < -0.4 is 10.2 Å². The Hall–Kier alpha value is -3.29. The molecule has 3 rings (SSSR count). The number of amides is 1. The zero-order valence-corrected chi connectivity index (χ0v) is 15.2. The summed E-state index contributed by atoms with van der Waals surface area (Å²) in [5.41, 5.74) is 2.11. The van der Waals surface area contributed by atoms with E-state index in [0.717, 1.165) is 17.1 Å². The SMILES string of the molecule is C[C@@H](NC(=O)c1cccc(-c2nccnc2N(C)C)c1)c1ncnn1C. The lowest BCUT2D eigenvalue weighted by Crippen LogP contribution is -2.28. The van der Waals surface area contributed by atoms with Crippen LogP contribution in [0.2, 0.25) is 0 Å². The predicted octanol–water partition coefficient (Wildman–Crippen LogP) is 1.83. The molecule has 26 heavy (non-hydrogen) atoms. The third-order valence-corrected chi connectivity index (χ3v) is 3.98. The van der Waals surface area contributed by atoms with Crippen LogP contribution in [0.1, 0.15) is 29.1 Å². The van der Waals surface area contributed by atoms with Crippen LogP contribution >= 0.6 is 0 Å². The number of hydrogen-bond donors (Lipinski definition) is 1. The predicted molar refractivity (Wildman–Crippen MR) is 98.7 cm³/mol. The van der Waals surface area contributed by atoms with Crippen molar-refractivity contribution < 1.29 is 4.79 Å². The Morgan fingerprint density at radius 2 is 1.96 bits per heavy atom. The number of hydrogen-bond acceptors (Lipinski definition) is 6. The van der Waals surface area contributed by atoms with Gasteiger partial charge in [0.05, 0.1) is 6.04 Å². The molecule has 0 saturated carbocycles. The van der Waals surface area contributed by atoms with E-state index in [1.807, 2.05) is 44.1 Å². The van der Waals surface area contributed by atoms with E-state index in [1.54, 1.807) is 30.2 Å². The minimum Gasteiger partial charge on any atom is -0.361 e. The van der Waals surface area contributed by atoms with Crippen molar-refractivity contribution in [3.8, 4) is 11.3 Å². The van der Waals surface area contributed by atoms with Crippen molar-refractivity contribution in [2.45, 2.75) is 13.0 Å². The zero-order valence-electron chi connectivity index (χ0n) is 15.2. The first-order valence-electron chi connectivity index (χ1n) is 8.21. The number of anilines is 1. The molecule has 0 fully saturated rings. The maximum absolute atomic E-state index is 12.6. The van der Waals surface area contributed by atoms with E-state index in [1.165, 1.54) is 6.33 Å². The molecule has 0 radical (unpaired) electrons. The van der Waals surface area contributed by atoms with Crippen molar-refractivity contribution in [1.82, 2.24) is 30.0 Å². The van der Waals surface area contributed by atoms with E-state index in [-0.39, 0.29) is 11.9 Å². The van der Waals surface area contributed by atoms with Crippen molar-refractivity contribution in [2.24, 2.45) is 7.05 Å². The fraction of sp³-hybridized carbons (Fsp3) is 0.278. The first-order chi connectivity index (χ1) is 12.5. The topological polar surface area (TPSA) is 88.8 Å². The van der Waals surface area contributed by atoms with E-state index in [9.17, 15) is 4.79 Å². The third-order valence-electron chi connectivity index (χ3n) is 3.98. The molecule has 1 amide bonds. The van der Waals surface area contributed by atoms with Crippen molar-refractivity contribution in [3.05, 3.63) is 54.4 Å². The van der Waals surface area contributed by atoms with Gasteiger partial charge in [-0.05, 0) is 19.1 Å². The maximum atomic E-state index is 12.6. The molecule has 0 aliphatic heterocycles. The van der Waals surface area contributed by atoms with Gasteiger partial charge in [-0.1, -0.05) is 12.1 Å². The Labute approximate surface area is 151 Å². The lowest BCUT2D eigenvalue weighted by molar-refractivity contribution is 0.0937. The van der Waals surface area contributed by atoms with E-state index in [4.69, 9.17) is 0 Å². The lowest BCUT2D eigenvalue weighted by Gasteiger charge is -2.16. The number of carbonyl (C=O) groups excluding carboxylic acids is 1. The van der Waals surface area contributed by atoms with Crippen molar-refractivity contribution >= 4 is 11.7 Å². The van der Waals surface area contributed by atoms with Crippen LogP contribution in [0.3, 0.4) is 0 Å². The monoisotopic (exact) mass is 351 g/mol.